The van der Waals surface area contributed by atoms with Gasteiger partial charge in [-0.3, -0.25) is 0 Å². The first-order valence-electron chi connectivity index (χ1n) is 4.90. The lowest BCUT2D eigenvalue weighted by molar-refractivity contribution is -0.0454. The standard InChI is InChI=1S/C4H10O2.C3H8O2.C2H6O2/c1-2-3-4(5)6;1-2-3(4)5;3-1-2-4/h4-6H,2-3H2,1H3;3-5H,2H2,1H3;3-4H,1-2H2. The van der Waals surface area contributed by atoms with Gasteiger partial charge in [0.25, 0.3) is 0 Å². The van der Waals surface area contributed by atoms with E-state index in [0.29, 0.717) is 12.8 Å². The van der Waals surface area contributed by atoms with Gasteiger partial charge in [0.1, 0.15) is 0 Å². The van der Waals surface area contributed by atoms with Crippen LogP contribution in [0, 0.1) is 0 Å². The van der Waals surface area contributed by atoms with Crippen LogP contribution in [0.3, 0.4) is 0 Å². The second-order valence-corrected chi connectivity index (χ2v) is 2.61. The summed E-state index contributed by atoms with van der Waals surface area (Å²) in [5.74, 6) is 0. The third kappa shape index (κ3) is 57.4. The van der Waals surface area contributed by atoms with Gasteiger partial charge in [-0.1, -0.05) is 20.3 Å². The topological polar surface area (TPSA) is 121 Å². The number of hydrogen-bond acceptors (Lipinski definition) is 6. The second-order valence-electron chi connectivity index (χ2n) is 2.61. The highest BCUT2D eigenvalue weighted by Gasteiger charge is 1.89. The maximum atomic E-state index is 8.11. The van der Waals surface area contributed by atoms with Crippen LogP contribution in [0.25, 0.3) is 0 Å². The lowest BCUT2D eigenvalue weighted by Crippen LogP contribution is -2.01. The van der Waals surface area contributed by atoms with E-state index < -0.39 is 12.6 Å². The number of hydrogen-bond donors (Lipinski definition) is 6. The van der Waals surface area contributed by atoms with Crippen molar-refractivity contribution in [2.45, 2.75) is 45.7 Å². The second kappa shape index (κ2) is 19.4. The predicted octanol–water partition coefficient (Wildman–Crippen LogP) is -1.22. The molecule has 6 heteroatoms. The number of rotatable bonds is 4. The minimum absolute atomic E-state index is 0.125. The molecule has 15 heavy (non-hydrogen) atoms. The number of aliphatic hydroxyl groups excluding tert-OH is 4. The van der Waals surface area contributed by atoms with Crippen LogP contribution in [-0.2, 0) is 0 Å². The van der Waals surface area contributed by atoms with Crippen LogP contribution >= 0.6 is 0 Å². The number of aliphatic hydroxyl groups is 6. The molecule has 0 aromatic carbocycles. The molecule has 0 aliphatic carbocycles. The fraction of sp³-hybridized carbons (Fsp3) is 1.00. The van der Waals surface area contributed by atoms with Gasteiger partial charge in [-0.05, 0) is 12.8 Å². The molecule has 0 rings (SSSR count). The van der Waals surface area contributed by atoms with Crippen LogP contribution < -0.4 is 0 Å². The van der Waals surface area contributed by atoms with Gasteiger partial charge < -0.3 is 30.6 Å². The molecule has 0 aliphatic heterocycles. The minimum atomic E-state index is -1.12. The summed E-state index contributed by atoms with van der Waals surface area (Å²) in [4.78, 5) is 0. The summed E-state index contributed by atoms with van der Waals surface area (Å²) >= 11 is 0. The van der Waals surface area contributed by atoms with E-state index in [9.17, 15) is 0 Å². The summed E-state index contributed by atoms with van der Waals surface area (Å²) in [5.41, 5.74) is 0. The monoisotopic (exact) mass is 228 g/mol. The molecule has 0 saturated heterocycles. The Morgan fingerprint density at radius 2 is 1.13 bits per heavy atom. The van der Waals surface area contributed by atoms with Crippen molar-refractivity contribution in [3.05, 3.63) is 0 Å². The normalized spacial score (nSPS) is 9.20. The average molecular weight is 228 g/mol. The lowest BCUT2D eigenvalue weighted by Gasteiger charge is -1.94. The van der Waals surface area contributed by atoms with E-state index >= 15 is 0 Å². The van der Waals surface area contributed by atoms with E-state index in [-0.39, 0.29) is 13.2 Å². The highest BCUT2D eigenvalue weighted by atomic mass is 16.5. The van der Waals surface area contributed by atoms with Crippen molar-refractivity contribution in [2.75, 3.05) is 13.2 Å². The van der Waals surface area contributed by atoms with Gasteiger partial charge in [-0.2, -0.15) is 0 Å². The molecular formula is C9H24O6. The molecule has 0 aromatic heterocycles. The Morgan fingerprint density at radius 1 is 0.800 bits per heavy atom. The molecule has 96 valence electrons. The van der Waals surface area contributed by atoms with Gasteiger partial charge >= 0.3 is 0 Å². The van der Waals surface area contributed by atoms with Crippen LogP contribution in [0.5, 0.6) is 0 Å². The fourth-order valence-corrected chi connectivity index (χ4v) is 0.258. The Balaban J connectivity index is -0.000000147. The van der Waals surface area contributed by atoms with Crippen LogP contribution in [0.4, 0.5) is 0 Å². The summed E-state index contributed by atoms with van der Waals surface area (Å²) in [7, 11) is 0. The third-order valence-electron chi connectivity index (χ3n) is 1.01. The minimum Gasteiger partial charge on any atom is -0.394 e. The van der Waals surface area contributed by atoms with Crippen molar-refractivity contribution in [2.24, 2.45) is 0 Å². The first-order chi connectivity index (χ1) is 6.95. The van der Waals surface area contributed by atoms with Gasteiger partial charge in [0.2, 0.25) is 0 Å². The maximum absolute atomic E-state index is 8.11. The first kappa shape index (κ1) is 20.2. The average Bonchev–Trinajstić information content (AvgIpc) is 2.19. The van der Waals surface area contributed by atoms with Crippen molar-refractivity contribution in [1.29, 1.82) is 0 Å². The van der Waals surface area contributed by atoms with E-state index in [4.69, 9.17) is 30.6 Å². The van der Waals surface area contributed by atoms with Gasteiger partial charge in [-0.25, -0.2) is 0 Å². The van der Waals surface area contributed by atoms with Crippen molar-refractivity contribution in [3.63, 3.8) is 0 Å². The molecule has 0 radical (unpaired) electrons. The van der Waals surface area contributed by atoms with Gasteiger partial charge in [0.05, 0.1) is 13.2 Å². The molecule has 6 N–H and O–H groups in total. The zero-order chi connectivity index (χ0) is 12.7. The molecule has 0 spiro atoms. The summed E-state index contributed by atoms with van der Waals surface area (Å²) in [6.45, 7) is 3.35. The molecule has 0 aromatic rings. The van der Waals surface area contributed by atoms with Crippen LogP contribution in [-0.4, -0.2) is 56.4 Å². The van der Waals surface area contributed by atoms with Crippen LogP contribution in [0.2, 0.25) is 0 Å². The molecule has 0 unspecified atom stereocenters. The Morgan fingerprint density at radius 3 is 1.13 bits per heavy atom. The Labute approximate surface area is 90.4 Å². The van der Waals surface area contributed by atoms with E-state index in [1.165, 1.54) is 0 Å². The Kier molecular flexibility index (Phi) is 26.1. The molecule has 0 amide bonds. The molecular weight excluding hydrogens is 204 g/mol. The third-order valence-corrected chi connectivity index (χ3v) is 1.01. The van der Waals surface area contributed by atoms with Gasteiger partial charge in [0.15, 0.2) is 12.6 Å². The smallest absolute Gasteiger partial charge is 0.151 e. The fourth-order valence-electron chi connectivity index (χ4n) is 0.258. The van der Waals surface area contributed by atoms with Crippen molar-refractivity contribution < 1.29 is 30.6 Å². The Hall–Kier alpha value is -0.240. The zero-order valence-corrected chi connectivity index (χ0v) is 9.37. The van der Waals surface area contributed by atoms with Crippen LogP contribution in [0.1, 0.15) is 33.1 Å². The van der Waals surface area contributed by atoms with E-state index in [0.717, 1.165) is 6.42 Å². The van der Waals surface area contributed by atoms with Crippen LogP contribution in [0.15, 0.2) is 0 Å². The molecule has 0 saturated carbocycles. The van der Waals surface area contributed by atoms with Gasteiger partial charge in [-0.15, -0.1) is 0 Å². The summed E-state index contributed by atoms with van der Waals surface area (Å²) < 4.78 is 0. The summed E-state index contributed by atoms with van der Waals surface area (Å²) in [5, 5.41) is 47.3. The molecule has 0 heterocycles. The molecule has 0 bridgehead atoms. The first-order valence-corrected chi connectivity index (χ1v) is 4.90. The molecule has 0 aliphatic rings. The largest absolute Gasteiger partial charge is 0.394 e. The lowest BCUT2D eigenvalue weighted by atomic mass is 10.3. The highest BCUT2D eigenvalue weighted by molar-refractivity contribution is 4.31. The van der Waals surface area contributed by atoms with Crippen molar-refractivity contribution >= 4 is 0 Å². The highest BCUT2D eigenvalue weighted by Crippen LogP contribution is 1.88. The molecule has 6 nitrogen and oxygen atoms in total. The molecule has 0 atom stereocenters. The van der Waals surface area contributed by atoms with E-state index in [1.807, 2.05) is 6.92 Å². The zero-order valence-electron chi connectivity index (χ0n) is 9.37. The molecule has 0 fully saturated rings. The van der Waals surface area contributed by atoms with E-state index in [2.05, 4.69) is 0 Å². The summed E-state index contributed by atoms with van der Waals surface area (Å²) in [6.07, 6.45) is -0.484. The Bertz CT molecular complexity index is 84.7. The quantitative estimate of drug-likeness (QED) is 0.335. The van der Waals surface area contributed by atoms with E-state index in [1.54, 1.807) is 6.92 Å². The SMILES string of the molecule is CCC(O)O.CCCC(O)O.OCCO. The van der Waals surface area contributed by atoms with Gasteiger partial charge in [0, 0.05) is 0 Å². The predicted molar refractivity (Wildman–Crippen MR) is 55.8 cm³/mol. The van der Waals surface area contributed by atoms with Crippen molar-refractivity contribution in [3.8, 4) is 0 Å². The maximum Gasteiger partial charge on any atom is 0.151 e. The summed E-state index contributed by atoms with van der Waals surface area (Å²) in [6, 6.07) is 0. The van der Waals surface area contributed by atoms with Crippen molar-refractivity contribution in [1.82, 2.24) is 0 Å².